The molecule has 1 amide bonds. The van der Waals surface area contributed by atoms with Crippen molar-refractivity contribution < 1.29 is 14.3 Å². The predicted octanol–water partition coefficient (Wildman–Crippen LogP) is 4.34. The van der Waals surface area contributed by atoms with Crippen LogP contribution >= 0.6 is 0 Å². The number of rotatable bonds is 7. The van der Waals surface area contributed by atoms with Gasteiger partial charge >= 0.3 is 0 Å². The van der Waals surface area contributed by atoms with Crippen molar-refractivity contribution in [1.29, 1.82) is 0 Å². The minimum absolute atomic E-state index is 0.0479. The van der Waals surface area contributed by atoms with Gasteiger partial charge in [-0.2, -0.15) is 0 Å². The van der Waals surface area contributed by atoms with Gasteiger partial charge in [0.15, 0.2) is 11.5 Å². The van der Waals surface area contributed by atoms with Crippen LogP contribution in [0.5, 0.6) is 11.5 Å². The first-order chi connectivity index (χ1) is 14.3. The van der Waals surface area contributed by atoms with Crippen LogP contribution in [0.25, 0.3) is 0 Å². The van der Waals surface area contributed by atoms with Crippen LogP contribution in [0.15, 0.2) is 78.9 Å². The molecule has 148 valence electrons. The molecule has 29 heavy (non-hydrogen) atoms. The third kappa shape index (κ3) is 4.96. The molecule has 0 spiro atoms. The summed E-state index contributed by atoms with van der Waals surface area (Å²) >= 11 is 0. The largest absolute Gasteiger partial charge is 0.486 e. The zero-order valence-electron chi connectivity index (χ0n) is 16.3. The Morgan fingerprint density at radius 3 is 2.10 bits per heavy atom. The lowest BCUT2D eigenvalue weighted by Gasteiger charge is -2.19. The fourth-order valence-corrected chi connectivity index (χ4v) is 3.65. The first-order valence-electron chi connectivity index (χ1n) is 10.0. The van der Waals surface area contributed by atoms with Gasteiger partial charge in [0, 0.05) is 18.9 Å². The van der Waals surface area contributed by atoms with Gasteiger partial charge < -0.3 is 14.8 Å². The molecule has 0 atom stereocenters. The molecule has 1 N–H and O–H groups in total. The van der Waals surface area contributed by atoms with Gasteiger partial charge in [-0.3, -0.25) is 4.79 Å². The van der Waals surface area contributed by atoms with Crippen molar-refractivity contribution in [1.82, 2.24) is 5.32 Å². The van der Waals surface area contributed by atoms with Crippen LogP contribution in [-0.4, -0.2) is 25.7 Å². The lowest BCUT2D eigenvalue weighted by atomic mass is 9.88. The summed E-state index contributed by atoms with van der Waals surface area (Å²) in [6.45, 7) is 1.76. The molecule has 0 saturated carbocycles. The highest BCUT2D eigenvalue weighted by Crippen LogP contribution is 2.31. The van der Waals surface area contributed by atoms with Crippen LogP contribution in [0.3, 0.4) is 0 Å². The Morgan fingerprint density at radius 2 is 1.45 bits per heavy atom. The Labute approximate surface area is 171 Å². The minimum atomic E-state index is 0.0479. The molecule has 0 aliphatic carbocycles. The summed E-state index contributed by atoms with van der Waals surface area (Å²) in [6, 6.07) is 26.4. The molecule has 0 aromatic heterocycles. The van der Waals surface area contributed by atoms with Crippen molar-refractivity contribution in [3.63, 3.8) is 0 Å². The smallest absolute Gasteiger partial charge is 0.220 e. The first kappa shape index (κ1) is 19.1. The SMILES string of the molecule is O=C(CC(c1ccccc1)c1ccccc1)NCCc1ccc2c(c1)OCCO2. The van der Waals surface area contributed by atoms with Crippen LogP contribution < -0.4 is 14.8 Å². The molecule has 1 heterocycles. The molecule has 0 radical (unpaired) electrons. The summed E-state index contributed by atoms with van der Waals surface area (Å²) in [6.07, 6.45) is 1.18. The quantitative estimate of drug-likeness (QED) is 0.656. The molecule has 0 bridgehead atoms. The molecular formula is C25H25NO3. The van der Waals surface area contributed by atoms with E-state index < -0.39 is 0 Å². The molecule has 4 heteroatoms. The number of nitrogens with one attached hydrogen (secondary N) is 1. The fourth-order valence-electron chi connectivity index (χ4n) is 3.65. The number of benzene rings is 3. The van der Waals surface area contributed by atoms with Gasteiger partial charge in [-0.1, -0.05) is 66.7 Å². The second-order valence-corrected chi connectivity index (χ2v) is 7.16. The number of hydrogen-bond donors (Lipinski definition) is 1. The summed E-state index contributed by atoms with van der Waals surface area (Å²) < 4.78 is 11.2. The van der Waals surface area contributed by atoms with Gasteiger partial charge in [-0.25, -0.2) is 0 Å². The Bertz CT molecular complexity index is 901. The molecule has 4 nitrogen and oxygen atoms in total. The second-order valence-electron chi connectivity index (χ2n) is 7.16. The van der Waals surface area contributed by atoms with Gasteiger partial charge in [-0.15, -0.1) is 0 Å². The van der Waals surface area contributed by atoms with E-state index in [-0.39, 0.29) is 11.8 Å². The van der Waals surface area contributed by atoms with E-state index in [1.54, 1.807) is 0 Å². The van der Waals surface area contributed by atoms with Gasteiger partial charge in [-0.05, 0) is 35.2 Å². The van der Waals surface area contributed by atoms with Crippen molar-refractivity contribution in [2.75, 3.05) is 19.8 Å². The number of ether oxygens (including phenoxy) is 2. The minimum Gasteiger partial charge on any atom is -0.486 e. The van der Waals surface area contributed by atoms with E-state index >= 15 is 0 Å². The Hall–Kier alpha value is -3.27. The van der Waals surface area contributed by atoms with Gasteiger partial charge in [0.2, 0.25) is 5.91 Å². The normalized spacial score (nSPS) is 12.6. The third-order valence-electron chi connectivity index (χ3n) is 5.14. The van der Waals surface area contributed by atoms with E-state index in [1.807, 2.05) is 54.6 Å². The lowest BCUT2D eigenvalue weighted by Crippen LogP contribution is -2.27. The topological polar surface area (TPSA) is 47.6 Å². The van der Waals surface area contributed by atoms with E-state index in [4.69, 9.17) is 9.47 Å². The highest BCUT2D eigenvalue weighted by atomic mass is 16.6. The van der Waals surface area contributed by atoms with Gasteiger partial charge in [0.25, 0.3) is 0 Å². The molecule has 3 aromatic rings. The molecule has 1 aliphatic rings. The Morgan fingerprint density at radius 1 is 0.828 bits per heavy atom. The highest BCUT2D eigenvalue weighted by molar-refractivity contribution is 5.77. The van der Waals surface area contributed by atoms with Crippen molar-refractivity contribution in [2.24, 2.45) is 0 Å². The summed E-state index contributed by atoms with van der Waals surface area (Å²) in [4.78, 5) is 12.7. The van der Waals surface area contributed by atoms with Crippen LogP contribution in [0.1, 0.15) is 29.0 Å². The Kier molecular flexibility index (Phi) is 6.10. The molecule has 4 rings (SSSR count). The van der Waals surface area contributed by atoms with E-state index in [1.165, 1.54) is 0 Å². The predicted molar refractivity (Wildman–Crippen MR) is 113 cm³/mol. The van der Waals surface area contributed by atoms with Gasteiger partial charge in [0.1, 0.15) is 13.2 Å². The molecule has 0 unspecified atom stereocenters. The zero-order valence-corrected chi connectivity index (χ0v) is 16.3. The number of amides is 1. The maximum Gasteiger partial charge on any atom is 0.220 e. The summed E-state index contributed by atoms with van der Waals surface area (Å²) in [7, 11) is 0. The molecule has 0 fully saturated rings. The maximum absolute atomic E-state index is 12.7. The van der Waals surface area contributed by atoms with Crippen molar-refractivity contribution in [3.05, 3.63) is 95.6 Å². The number of carbonyl (C=O) groups excluding carboxylic acids is 1. The zero-order chi connectivity index (χ0) is 19.9. The van der Waals surface area contributed by atoms with E-state index in [0.29, 0.717) is 26.2 Å². The first-order valence-corrected chi connectivity index (χ1v) is 10.0. The van der Waals surface area contributed by atoms with Gasteiger partial charge in [0.05, 0.1) is 0 Å². The van der Waals surface area contributed by atoms with Crippen LogP contribution in [0.4, 0.5) is 0 Å². The molecule has 0 saturated heterocycles. The second kappa shape index (κ2) is 9.28. The average molecular weight is 387 g/mol. The van der Waals surface area contributed by atoms with Crippen LogP contribution in [-0.2, 0) is 11.2 Å². The molecule has 1 aliphatic heterocycles. The van der Waals surface area contributed by atoms with E-state index in [0.717, 1.165) is 34.6 Å². The van der Waals surface area contributed by atoms with Crippen LogP contribution in [0, 0.1) is 0 Å². The van der Waals surface area contributed by atoms with Crippen molar-refractivity contribution in [3.8, 4) is 11.5 Å². The highest BCUT2D eigenvalue weighted by Gasteiger charge is 2.18. The number of hydrogen-bond acceptors (Lipinski definition) is 3. The lowest BCUT2D eigenvalue weighted by molar-refractivity contribution is -0.121. The van der Waals surface area contributed by atoms with Crippen molar-refractivity contribution >= 4 is 5.91 Å². The standard InChI is InChI=1S/C25H25NO3/c27-25(26-14-13-19-11-12-23-24(17-19)29-16-15-28-23)18-22(20-7-3-1-4-8-20)21-9-5-2-6-10-21/h1-12,17,22H,13-16,18H2,(H,26,27). The summed E-state index contributed by atoms with van der Waals surface area (Å²) in [5.74, 6) is 1.68. The molecule has 3 aromatic carbocycles. The Balaban J connectivity index is 1.36. The third-order valence-corrected chi connectivity index (χ3v) is 5.14. The number of carbonyl (C=O) groups is 1. The fraction of sp³-hybridized carbons (Fsp3) is 0.240. The van der Waals surface area contributed by atoms with Crippen molar-refractivity contribution in [2.45, 2.75) is 18.8 Å². The van der Waals surface area contributed by atoms with E-state index in [2.05, 4.69) is 29.6 Å². The van der Waals surface area contributed by atoms with Crippen LogP contribution in [0.2, 0.25) is 0 Å². The average Bonchev–Trinajstić information content (AvgIpc) is 2.78. The van der Waals surface area contributed by atoms with E-state index in [9.17, 15) is 4.79 Å². The monoisotopic (exact) mass is 387 g/mol. The summed E-state index contributed by atoms with van der Waals surface area (Å²) in [5.41, 5.74) is 3.43. The maximum atomic E-state index is 12.7. The molecular weight excluding hydrogens is 362 g/mol. The number of fused-ring (bicyclic) bond motifs is 1. The summed E-state index contributed by atoms with van der Waals surface area (Å²) in [5, 5.41) is 3.07.